The molecule has 1 fully saturated rings. The second-order valence-corrected chi connectivity index (χ2v) is 6.32. The molecule has 1 aromatic carbocycles. The fourth-order valence-electron chi connectivity index (χ4n) is 2.88. The molecular formula is C18H25NO8. The van der Waals surface area contributed by atoms with Gasteiger partial charge in [-0.05, 0) is 12.5 Å². The van der Waals surface area contributed by atoms with Gasteiger partial charge in [-0.25, -0.2) is 4.79 Å². The Hall–Kier alpha value is -2.04. The van der Waals surface area contributed by atoms with Crippen LogP contribution in [0.2, 0.25) is 0 Å². The lowest BCUT2D eigenvalue weighted by atomic mass is 9.96. The number of carboxylic acid groups (broad SMARTS) is 1. The number of hydrogen-bond donors (Lipinski definition) is 4. The van der Waals surface area contributed by atoms with Gasteiger partial charge in [-0.3, -0.25) is 4.79 Å². The van der Waals surface area contributed by atoms with Crippen LogP contribution < -0.4 is 5.32 Å². The van der Waals surface area contributed by atoms with Crippen molar-refractivity contribution < 1.29 is 39.1 Å². The van der Waals surface area contributed by atoms with E-state index >= 15 is 0 Å². The van der Waals surface area contributed by atoms with E-state index < -0.39 is 55.2 Å². The summed E-state index contributed by atoms with van der Waals surface area (Å²) in [5, 5.41) is 31.5. The molecule has 1 aliphatic rings. The Kier molecular flexibility index (Phi) is 7.69. The van der Waals surface area contributed by atoms with E-state index in [4.69, 9.17) is 19.3 Å². The lowest BCUT2D eigenvalue weighted by Crippen LogP contribution is -2.66. The number of nitrogens with one attached hydrogen (secondary N) is 1. The van der Waals surface area contributed by atoms with Crippen LogP contribution in [0.5, 0.6) is 0 Å². The highest BCUT2D eigenvalue weighted by atomic mass is 16.6. The summed E-state index contributed by atoms with van der Waals surface area (Å²) in [5.41, 5.74) is 0.849. The lowest BCUT2D eigenvalue weighted by Gasteiger charge is -2.44. The molecule has 1 heterocycles. The minimum atomic E-state index is -1.49. The second-order valence-electron chi connectivity index (χ2n) is 6.32. The van der Waals surface area contributed by atoms with E-state index in [1.165, 1.54) is 13.8 Å². The van der Waals surface area contributed by atoms with Crippen molar-refractivity contribution in [3.63, 3.8) is 0 Å². The molecule has 27 heavy (non-hydrogen) atoms. The van der Waals surface area contributed by atoms with Gasteiger partial charge in [0.1, 0.15) is 24.4 Å². The molecule has 0 spiro atoms. The van der Waals surface area contributed by atoms with Crippen LogP contribution in [0, 0.1) is 0 Å². The van der Waals surface area contributed by atoms with Crippen LogP contribution >= 0.6 is 0 Å². The summed E-state index contributed by atoms with van der Waals surface area (Å²) in [6.07, 6.45) is -5.64. The molecule has 0 aromatic heterocycles. The molecule has 6 atom stereocenters. The van der Waals surface area contributed by atoms with Gasteiger partial charge >= 0.3 is 5.97 Å². The maximum atomic E-state index is 11.5. The molecule has 1 aromatic rings. The van der Waals surface area contributed by atoms with E-state index in [0.29, 0.717) is 0 Å². The molecule has 150 valence electrons. The van der Waals surface area contributed by atoms with Crippen LogP contribution in [0.4, 0.5) is 0 Å². The first-order chi connectivity index (χ1) is 12.8. The first-order valence-electron chi connectivity index (χ1n) is 8.58. The standard InChI is InChI=1S/C18H25NO8/c1-10(17(22)23)26-16-14(19-11(2)21)18(24)27-13(8-20)15(16)25-9-12-6-4-3-5-7-12/h3-7,10,13-16,18,20,24H,8-9H2,1-2H3,(H,19,21)(H,22,23)/t10-,13-,14-,15-,16-,18-/m1/s1. The Bertz CT molecular complexity index is 625. The molecule has 1 amide bonds. The average Bonchev–Trinajstić information content (AvgIpc) is 2.63. The van der Waals surface area contributed by atoms with Crippen molar-refractivity contribution in [1.29, 1.82) is 0 Å². The van der Waals surface area contributed by atoms with Crippen molar-refractivity contribution in [2.24, 2.45) is 0 Å². The summed E-state index contributed by atoms with van der Waals surface area (Å²) in [5.74, 6) is -1.66. The zero-order chi connectivity index (χ0) is 20.0. The first-order valence-corrected chi connectivity index (χ1v) is 8.58. The number of carbonyl (C=O) groups is 2. The average molecular weight is 383 g/mol. The Morgan fingerprint density at radius 1 is 1.26 bits per heavy atom. The van der Waals surface area contributed by atoms with Gasteiger partial charge in [0.2, 0.25) is 5.91 Å². The third-order valence-corrected chi connectivity index (χ3v) is 4.21. The van der Waals surface area contributed by atoms with Crippen LogP contribution in [-0.2, 0) is 30.4 Å². The third-order valence-electron chi connectivity index (χ3n) is 4.21. The normalized spacial score (nSPS) is 29.1. The third kappa shape index (κ3) is 5.72. The minimum Gasteiger partial charge on any atom is -0.479 e. The number of rotatable bonds is 8. The number of ether oxygens (including phenoxy) is 3. The molecular weight excluding hydrogens is 358 g/mol. The van der Waals surface area contributed by atoms with Gasteiger partial charge in [0.15, 0.2) is 12.4 Å². The van der Waals surface area contributed by atoms with Gasteiger partial charge in [0.05, 0.1) is 13.2 Å². The second kappa shape index (κ2) is 9.77. The van der Waals surface area contributed by atoms with Gasteiger partial charge in [0, 0.05) is 6.92 Å². The van der Waals surface area contributed by atoms with Gasteiger partial charge in [-0.15, -0.1) is 0 Å². The Balaban J connectivity index is 2.25. The SMILES string of the molecule is CC(=O)N[C@@H]1[C@@H](O[C@H](C)C(=O)O)[C@H](OCc2ccccc2)[C@@H](CO)O[C@H]1O. The van der Waals surface area contributed by atoms with Crippen LogP contribution in [-0.4, -0.2) is 70.6 Å². The highest BCUT2D eigenvalue weighted by Gasteiger charge is 2.48. The smallest absolute Gasteiger partial charge is 0.332 e. The van der Waals surface area contributed by atoms with Crippen molar-refractivity contribution in [2.45, 2.75) is 57.2 Å². The van der Waals surface area contributed by atoms with Crippen molar-refractivity contribution in [1.82, 2.24) is 5.32 Å². The summed E-state index contributed by atoms with van der Waals surface area (Å²) < 4.78 is 16.8. The predicted octanol–water partition coefficient (Wildman–Crippen LogP) is -0.356. The molecule has 1 saturated heterocycles. The largest absolute Gasteiger partial charge is 0.479 e. The van der Waals surface area contributed by atoms with Gasteiger partial charge in [-0.1, -0.05) is 30.3 Å². The zero-order valence-corrected chi connectivity index (χ0v) is 15.1. The topological polar surface area (TPSA) is 135 Å². The maximum Gasteiger partial charge on any atom is 0.332 e. The van der Waals surface area contributed by atoms with Crippen molar-refractivity contribution in [3.8, 4) is 0 Å². The minimum absolute atomic E-state index is 0.148. The number of carbonyl (C=O) groups excluding carboxylic acids is 1. The van der Waals surface area contributed by atoms with Crippen molar-refractivity contribution in [3.05, 3.63) is 35.9 Å². The Labute approximate surface area is 156 Å². The van der Waals surface area contributed by atoms with E-state index in [9.17, 15) is 19.8 Å². The molecule has 0 bridgehead atoms. The monoisotopic (exact) mass is 383 g/mol. The van der Waals surface area contributed by atoms with Crippen molar-refractivity contribution >= 4 is 11.9 Å². The molecule has 1 aliphatic heterocycles. The summed E-state index contributed by atoms with van der Waals surface area (Å²) in [4.78, 5) is 22.7. The molecule has 2 rings (SSSR count). The molecule has 0 saturated carbocycles. The molecule has 0 unspecified atom stereocenters. The van der Waals surface area contributed by atoms with Gasteiger partial charge in [-0.2, -0.15) is 0 Å². The zero-order valence-electron chi connectivity index (χ0n) is 15.1. The number of aliphatic hydroxyl groups excluding tert-OH is 2. The van der Waals surface area contributed by atoms with Gasteiger partial charge < -0.3 is 34.8 Å². The van der Waals surface area contributed by atoms with E-state index in [2.05, 4.69) is 5.32 Å². The lowest BCUT2D eigenvalue weighted by molar-refractivity contribution is -0.278. The first kappa shape index (κ1) is 21.3. The number of hydrogen-bond acceptors (Lipinski definition) is 7. The number of aliphatic carboxylic acids is 1. The molecule has 9 nitrogen and oxygen atoms in total. The predicted molar refractivity (Wildman–Crippen MR) is 92.6 cm³/mol. The number of carboxylic acids is 1. The van der Waals surface area contributed by atoms with Gasteiger partial charge in [0.25, 0.3) is 0 Å². The molecule has 0 radical (unpaired) electrons. The van der Waals surface area contributed by atoms with Crippen LogP contribution in [0.3, 0.4) is 0 Å². The summed E-state index contributed by atoms with van der Waals surface area (Å²) >= 11 is 0. The fourth-order valence-corrected chi connectivity index (χ4v) is 2.88. The highest BCUT2D eigenvalue weighted by molar-refractivity contribution is 5.73. The summed E-state index contributed by atoms with van der Waals surface area (Å²) in [6.45, 7) is 2.25. The molecule has 4 N–H and O–H groups in total. The van der Waals surface area contributed by atoms with E-state index in [1.807, 2.05) is 30.3 Å². The molecule has 0 aliphatic carbocycles. The van der Waals surface area contributed by atoms with Crippen LogP contribution in [0.15, 0.2) is 30.3 Å². The number of aliphatic hydroxyl groups is 2. The summed E-state index contributed by atoms with van der Waals surface area (Å²) in [7, 11) is 0. The Morgan fingerprint density at radius 3 is 2.48 bits per heavy atom. The van der Waals surface area contributed by atoms with E-state index in [0.717, 1.165) is 5.56 Å². The van der Waals surface area contributed by atoms with Crippen molar-refractivity contribution in [2.75, 3.05) is 6.61 Å². The Morgan fingerprint density at radius 2 is 1.93 bits per heavy atom. The number of amides is 1. The van der Waals surface area contributed by atoms with Crippen LogP contribution in [0.25, 0.3) is 0 Å². The quantitative estimate of drug-likeness (QED) is 0.478. The maximum absolute atomic E-state index is 11.5. The van der Waals surface area contributed by atoms with Crippen LogP contribution in [0.1, 0.15) is 19.4 Å². The highest BCUT2D eigenvalue weighted by Crippen LogP contribution is 2.27. The summed E-state index contributed by atoms with van der Waals surface area (Å²) in [6, 6.07) is 8.15. The van der Waals surface area contributed by atoms with E-state index in [-0.39, 0.29) is 6.61 Å². The van der Waals surface area contributed by atoms with E-state index in [1.54, 1.807) is 0 Å². The number of benzene rings is 1. The fraction of sp³-hybridized carbons (Fsp3) is 0.556. The molecule has 9 heteroatoms.